The SMILES string of the molecule is CCCc1nc(Cl)c(C)c(Nc2cc(F)ccc2Cl)n1. The van der Waals surface area contributed by atoms with Gasteiger partial charge < -0.3 is 5.32 Å². The molecule has 3 nitrogen and oxygen atoms in total. The highest BCUT2D eigenvalue weighted by Crippen LogP contribution is 2.28. The molecule has 106 valence electrons. The van der Waals surface area contributed by atoms with Crippen molar-refractivity contribution in [1.82, 2.24) is 9.97 Å². The Balaban J connectivity index is 2.39. The fourth-order valence-corrected chi connectivity index (χ4v) is 2.06. The molecule has 0 fully saturated rings. The molecule has 0 aliphatic heterocycles. The number of aryl methyl sites for hydroxylation is 1. The molecule has 1 aromatic heterocycles. The van der Waals surface area contributed by atoms with Crippen LogP contribution in [0.2, 0.25) is 10.2 Å². The monoisotopic (exact) mass is 313 g/mol. The Morgan fingerprint density at radius 1 is 1.25 bits per heavy atom. The second kappa shape index (κ2) is 6.37. The van der Waals surface area contributed by atoms with Gasteiger partial charge in [0, 0.05) is 12.0 Å². The van der Waals surface area contributed by atoms with Gasteiger partial charge in [0.1, 0.15) is 22.6 Å². The lowest BCUT2D eigenvalue weighted by Crippen LogP contribution is -2.04. The molecular formula is C14H14Cl2FN3. The van der Waals surface area contributed by atoms with E-state index in [2.05, 4.69) is 15.3 Å². The van der Waals surface area contributed by atoms with Crippen molar-refractivity contribution in [2.75, 3.05) is 5.32 Å². The van der Waals surface area contributed by atoms with Crippen LogP contribution in [0.1, 0.15) is 24.7 Å². The summed E-state index contributed by atoms with van der Waals surface area (Å²) in [5, 5.41) is 3.82. The van der Waals surface area contributed by atoms with Gasteiger partial charge >= 0.3 is 0 Å². The number of nitrogens with one attached hydrogen (secondary N) is 1. The maximum absolute atomic E-state index is 13.3. The number of hydrogen-bond acceptors (Lipinski definition) is 3. The Labute approximate surface area is 127 Å². The molecule has 2 rings (SSSR count). The Kier molecular flexibility index (Phi) is 4.78. The second-order valence-corrected chi connectivity index (χ2v) is 5.17. The lowest BCUT2D eigenvalue weighted by molar-refractivity contribution is 0.628. The van der Waals surface area contributed by atoms with Crippen LogP contribution in [0.5, 0.6) is 0 Å². The summed E-state index contributed by atoms with van der Waals surface area (Å²) in [6.45, 7) is 3.83. The van der Waals surface area contributed by atoms with E-state index in [1.807, 2.05) is 6.92 Å². The smallest absolute Gasteiger partial charge is 0.138 e. The fraction of sp³-hybridized carbons (Fsp3) is 0.286. The average molecular weight is 314 g/mol. The summed E-state index contributed by atoms with van der Waals surface area (Å²) in [6.07, 6.45) is 1.64. The largest absolute Gasteiger partial charge is 0.339 e. The van der Waals surface area contributed by atoms with Gasteiger partial charge in [-0.15, -0.1) is 0 Å². The topological polar surface area (TPSA) is 37.8 Å². The first kappa shape index (κ1) is 15.0. The number of rotatable bonds is 4. The van der Waals surface area contributed by atoms with E-state index in [9.17, 15) is 4.39 Å². The minimum absolute atomic E-state index is 0.372. The summed E-state index contributed by atoms with van der Waals surface area (Å²) in [5.41, 5.74) is 1.15. The third kappa shape index (κ3) is 3.38. The summed E-state index contributed by atoms with van der Waals surface area (Å²) in [6, 6.07) is 4.11. The predicted molar refractivity (Wildman–Crippen MR) is 80.5 cm³/mol. The Morgan fingerprint density at radius 3 is 2.70 bits per heavy atom. The van der Waals surface area contributed by atoms with Crippen LogP contribution in [0.15, 0.2) is 18.2 Å². The quantitative estimate of drug-likeness (QED) is 0.813. The first-order chi connectivity index (χ1) is 9.51. The zero-order chi connectivity index (χ0) is 14.7. The first-order valence-electron chi connectivity index (χ1n) is 6.26. The maximum Gasteiger partial charge on any atom is 0.138 e. The van der Waals surface area contributed by atoms with Crippen LogP contribution in [0.4, 0.5) is 15.9 Å². The van der Waals surface area contributed by atoms with Crippen LogP contribution < -0.4 is 5.32 Å². The molecule has 0 saturated heterocycles. The molecule has 0 spiro atoms. The van der Waals surface area contributed by atoms with Gasteiger partial charge in [-0.1, -0.05) is 30.1 Å². The van der Waals surface area contributed by atoms with Crippen LogP contribution >= 0.6 is 23.2 Å². The van der Waals surface area contributed by atoms with Crippen molar-refractivity contribution >= 4 is 34.7 Å². The van der Waals surface area contributed by atoms with Gasteiger partial charge in [-0.2, -0.15) is 0 Å². The molecule has 0 saturated carbocycles. The number of nitrogens with zero attached hydrogens (tertiary/aromatic N) is 2. The van der Waals surface area contributed by atoms with E-state index in [1.54, 1.807) is 6.92 Å². The van der Waals surface area contributed by atoms with E-state index in [4.69, 9.17) is 23.2 Å². The minimum Gasteiger partial charge on any atom is -0.339 e. The van der Waals surface area contributed by atoms with Crippen LogP contribution in [-0.2, 0) is 6.42 Å². The van der Waals surface area contributed by atoms with Crippen molar-refractivity contribution in [3.05, 3.63) is 45.6 Å². The maximum atomic E-state index is 13.3. The molecule has 1 heterocycles. The molecular weight excluding hydrogens is 300 g/mol. The molecule has 2 aromatic rings. The normalized spacial score (nSPS) is 10.7. The highest BCUT2D eigenvalue weighted by molar-refractivity contribution is 6.33. The second-order valence-electron chi connectivity index (χ2n) is 4.40. The van der Waals surface area contributed by atoms with Crippen molar-refractivity contribution in [2.24, 2.45) is 0 Å². The molecule has 0 aliphatic carbocycles. The average Bonchev–Trinajstić information content (AvgIpc) is 2.40. The number of anilines is 2. The van der Waals surface area contributed by atoms with Gasteiger partial charge in [-0.25, -0.2) is 14.4 Å². The number of aromatic nitrogens is 2. The molecule has 20 heavy (non-hydrogen) atoms. The minimum atomic E-state index is -0.372. The van der Waals surface area contributed by atoms with Crippen LogP contribution in [-0.4, -0.2) is 9.97 Å². The van der Waals surface area contributed by atoms with Crippen molar-refractivity contribution in [2.45, 2.75) is 26.7 Å². The molecule has 6 heteroatoms. The third-order valence-corrected chi connectivity index (χ3v) is 3.49. The van der Waals surface area contributed by atoms with Crippen LogP contribution in [0.3, 0.4) is 0 Å². The zero-order valence-corrected chi connectivity index (χ0v) is 12.7. The molecule has 0 amide bonds. The zero-order valence-electron chi connectivity index (χ0n) is 11.2. The molecule has 0 radical (unpaired) electrons. The summed E-state index contributed by atoms with van der Waals surface area (Å²) < 4.78 is 13.3. The number of benzene rings is 1. The lowest BCUT2D eigenvalue weighted by Gasteiger charge is -2.12. The highest BCUT2D eigenvalue weighted by atomic mass is 35.5. The van der Waals surface area contributed by atoms with E-state index in [-0.39, 0.29) is 5.82 Å². The summed E-state index contributed by atoms with van der Waals surface area (Å²) in [7, 11) is 0. The Hall–Kier alpha value is -1.39. The van der Waals surface area contributed by atoms with Gasteiger partial charge in [0.2, 0.25) is 0 Å². The summed E-state index contributed by atoms with van der Waals surface area (Å²) in [5.74, 6) is 0.822. The molecule has 0 aliphatic rings. The van der Waals surface area contributed by atoms with Gasteiger partial charge in [-0.05, 0) is 31.5 Å². The van der Waals surface area contributed by atoms with E-state index in [0.29, 0.717) is 33.1 Å². The first-order valence-corrected chi connectivity index (χ1v) is 7.02. The lowest BCUT2D eigenvalue weighted by atomic mass is 10.2. The summed E-state index contributed by atoms with van der Waals surface area (Å²) in [4.78, 5) is 8.61. The van der Waals surface area contributed by atoms with Gasteiger partial charge in [0.15, 0.2) is 0 Å². The van der Waals surface area contributed by atoms with Crippen LogP contribution in [0, 0.1) is 12.7 Å². The molecule has 0 atom stereocenters. The van der Waals surface area contributed by atoms with Crippen molar-refractivity contribution < 1.29 is 4.39 Å². The fourth-order valence-electron chi connectivity index (χ4n) is 1.71. The summed E-state index contributed by atoms with van der Waals surface area (Å²) >= 11 is 12.1. The van der Waals surface area contributed by atoms with Crippen molar-refractivity contribution in [3.63, 3.8) is 0 Å². The third-order valence-electron chi connectivity index (χ3n) is 2.79. The van der Waals surface area contributed by atoms with Crippen molar-refractivity contribution in [1.29, 1.82) is 0 Å². The van der Waals surface area contributed by atoms with Gasteiger partial charge in [-0.3, -0.25) is 0 Å². The van der Waals surface area contributed by atoms with E-state index in [0.717, 1.165) is 12.8 Å². The molecule has 0 unspecified atom stereocenters. The Bertz CT molecular complexity index is 632. The standard InChI is InChI=1S/C14H14Cl2FN3/c1-3-4-12-19-13(16)8(2)14(20-12)18-11-7-9(17)5-6-10(11)15/h5-7H,3-4H2,1-2H3,(H,18,19,20). The number of hydrogen-bond donors (Lipinski definition) is 1. The van der Waals surface area contributed by atoms with Gasteiger partial charge in [0.05, 0.1) is 10.7 Å². The van der Waals surface area contributed by atoms with Gasteiger partial charge in [0.25, 0.3) is 0 Å². The Morgan fingerprint density at radius 2 is 2.00 bits per heavy atom. The number of halogens is 3. The highest BCUT2D eigenvalue weighted by Gasteiger charge is 2.11. The molecule has 1 N–H and O–H groups in total. The van der Waals surface area contributed by atoms with E-state index < -0.39 is 0 Å². The molecule has 1 aromatic carbocycles. The van der Waals surface area contributed by atoms with Crippen LogP contribution in [0.25, 0.3) is 0 Å². The van der Waals surface area contributed by atoms with E-state index in [1.165, 1.54) is 18.2 Å². The van der Waals surface area contributed by atoms with E-state index >= 15 is 0 Å². The van der Waals surface area contributed by atoms with Crippen molar-refractivity contribution in [3.8, 4) is 0 Å². The predicted octanol–water partition coefficient (Wildman–Crippen LogP) is 4.93. The molecule has 0 bridgehead atoms.